The van der Waals surface area contributed by atoms with Gasteiger partial charge in [0.05, 0.1) is 5.56 Å². The van der Waals surface area contributed by atoms with Crippen molar-refractivity contribution in [3.63, 3.8) is 0 Å². The molecule has 2 aromatic rings. The number of hydrogen-bond donors (Lipinski definition) is 2. The van der Waals surface area contributed by atoms with Crippen LogP contribution >= 0.6 is 0 Å². The third-order valence-corrected chi connectivity index (χ3v) is 3.70. The average Bonchev–Trinajstić information content (AvgIpc) is 3.14. The molecule has 0 bridgehead atoms. The van der Waals surface area contributed by atoms with Crippen molar-refractivity contribution in [2.45, 2.75) is 26.5 Å². The first-order valence-electron chi connectivity index (χ1n) is 7.52. The molecule has 7 heteroatoms. The Kier molecular flexibility index (Phi) is 4.27. The lowest BCUT2D eigenvalue weighted by Crippen LogP contribution is -2.31. The van der Waals surface area contributed by atoms with Crippen molar-refractivity contribution < 1.29 is 14.3 Å². The highest BCUT2D eigenvalue weighted by atomic mass is 16.5. The fraction of sp³-hybridized carbons (Fsp3) is 0.312. The van der Waals surface area contributed by atoms with Gasteiger partial charge < -0.3 is 19.9 Å². The van der Waals surface area contributed by atoms with E-state index >= 15 is 0 Å². The van der Waals surface area contributed by atoms with E-state index < -0.39 is 0 Å². The fourth-order valence-corrected chi connectivity index (χ4v) is 2.51. The minimum atomic E-state index is -0.351. The maximum absolute atomic E-state index is 11.9. The van der Waals surface area contributed by atoms with Gasteiger partial charge in [-0.2, -0.15) is 0 Å². The fourth-order valence-electron chi connectivity index (χ4n) is 2.51. The van der Waals surface area contributed by atoms with Crippen LogP contribution in [-0.4, -0.2) is 28.1 Å². The number of esters is 1. The van der Waals surface area contributed by atoms with Gasteiger partial charge in [0.25, 0.3) is 0 Å². The van der Waals surface area contributed by atoms with Crippen LogP contribution in [-0.2, 0) is 24.3 Å². The number of fused-ring (bicyclic) bond motifs is 1. The molecule has 0 fully saturated rings. The number of aryl methyl sites for hydroxylation is 1. The van der Waals surface area contributed by atoms with Crippen LogP contribution in [0.4, 0.5) is 10.5 Å². The van der Waals surface area contributed by atoms with Crippen molar-refractivity contribution in [1.29, 1.82) is 0 Å². The molecular formula is C16H18N4O3. The molecule has 1 aliphatic heterocycles. The van der Waals surface area contributed by atoms with E-state index in [1.807, 2.05) is 17.7 Å². The van der Waals surface area contributed by atoms with E-state index in [4.69, 9.17) is 4.74 Å². The molecule has 23 heavy (non-hydrogen) atoms. The Hall–Kier alpha value is -2.83. The van der Waals surface area contributed by atoms with E-state index in [0.29, 0.717) is 30.9 Å². The quantitative estimate of drug-likeness (QED) is 0.826. The second-order valence-corrected chi connectivity index (χ2v) is 5.22. The molecule has 0 saturated carbocycles. The van der Waals surface area contributed by atoms with Crippen molar-refractivity contribution in [3.05, 3.63) is 47.5 Å². The van der Waals surface area contributed by atoms with Gasteiger partial charge in [-0.1, -0.05) is 13.0 Å². The smallest absolute Gasteiger partial charge is 0.338 e. The molecule has 1 aromatic heterocycles. The number of carbonyl (C=O) groups excluding carboxylic acids is 2. The SMILES string of the molecule is CCc1nccn1CCNC(=O)Nc1ccc2c(c1)C(=O)OC2. The maximum atomic E-state index is 11.9. The van der Waals surface area contributed by atoms with E-state index in [2.05, 4.69) is 15.6 Å². The van der Waals surface area contributed by atoms with Gasteiger partial charge in [0.2, 0.25) is 0 Å². The zero-order valence-electron chi connectivity index (χ0n) is 12.8. The molecule has 1 aliphatic rings. The van der Waals surface area contributed by atoms with Crippen LogP contribution in [0.2, 0.25) is 0 Å². The number of urea groups is 1. The predicted octanol–water partition coefficient (Wildman–Crippen LogP) is 1.94. The predicted molar refractivity (Wildman–Crippen MR) is 84.2 cm³/mol. The van der Waals surface area contributed by atoms with Gasteiger partial charge in [0.1, 0.15) is 12.4 Å². The lowest BCUT2D eigenvalue weighted by molar-refractivity contribution is 0.0535. The number of imidazole rings is 1. The topological polar surface area (TPSA) is 85.3 Å². The molecule has 2 N–H and O–H groups in total. The molecule has 120 valence electrons. The molecular weight excluding hydrogens is 296 g/mol. The Morgan fingerprint density at radius 1 is 1.43 bits per heavy atom. The number of ether oxygens (including phenoxy) is 1. The maximum Gasteiger partial charge on any atom is 0.338 e. The van der Waals surface area contributed by atoms with E-state index in [0.717, 1.165) is 17.8 Å². The molecule has 0 unspecified atom stereocenters. The van der Waals surface area contributed by atoms with Crippen molar-refractivity contribution in [3.8, 4) is 0 Å². The van der Waals surface area contributed by atoms with Gasteiger partial charge in [-0.05, 0) is 12.1 Å². The lowest BCUT2D eigenvalue weighted by atomic mass is 10.1. The van der Waals surface area contributed by atoms with Crippen LogP contribution < -0.4 is 10.6 Å². The Morgan fingerprint density at radius 2 is 2.30 bits per heavy atom. The third-order valence-electron chi connectivity index (χ3n) is 3.70. The van der Waals surface area contributed by atoms with Crippen LogP contribution in [0.25, 0.3) is 0 Å². The van der Waals surface area contributed by atoms with Crippen LogP contribution in [0.1, 0.15) is 28.7 Å². The highest BCUT2D eigenvalue weighted by Gasteiger charge is 2.21. The summed E-state index contributed by atoms with van der Waals surface area (Å²) >= 11 is 0. The largest absolute Gasteiger partial charge is 0.457 e. The number of hydrogen-bond acceptors (Lipinski definition) is 4. The average molecular weight is 314 g/mol. The monoisotopic (exact) mass is 314 g/mol. The summed E-state index contributed by atoms with van der Waals surface area (Å²) in [5, 5.41) is 5.50. The first-order chi connectivity index (χ1) is 11.2. The zero-order valence-corrected chi connectivity index (χ0v) is 12.8. The second-order valence-electron chi connectivity index (χ2n) is 5.22. The summed E-state index contributed by atoms with van der Waals surface area (Å²) in [6.07, 6.45) is 4.50. The molecule has 1 aromatic carbocycles. The summed E-state index contributed by atoms with van der Waals surface area (Å²) in [6.45, 7) is 3.48. The van der Waals surface area contributed by atoms with Crippen molar-refractivity contribution in [2.75, 3.05) is 11.9 Å². The van der Waals surface area contributed by atoms with Crippen LogP contribution in [0.5, 0.6) is 0 Å². The van der Waals surface area contributed by atoms with E-state index in [-0.39, 0.29) is 12.0 Å². The Bertz CT molecular complexity index is 739. The number of benzene rings is 1. The van der Waals surface area contributed by atoms with E-state index in [1.54, 1.807) is 24.4 Å². The highest BCUT2D eigenvalue weighted by Crippen LogP contribution is 2.23. The highest BCUT2D eigenvalue weighted by molar-refractivity contribution is 5.96. The molecule has 0 radical (unpaired) electrons. The normalized spacial score (nSPS) is 12.7. The summed E-state index contributed by atoms with van der Waals surface area (Å²) in [6, 6.07) is 4.87. The Labute approximate surface area is 133 Å². The minimum absolute atomic E-state index is 0.297. The first kappa shape index (κ1) is 15.1. The number of anilines is 1. The van der Waals surface area contributed by atoms with Gasteiger partial charge in [-0.3, -0.25) is 0 Å². The van der Waals surface area contributed by atoms with Gasteiger partial charge in [-0.25, -0.2) is 14.6 Å². The van der Waals surface area contributed by atoms with Crippen LogP contribution in [0.15, 0.2) is 30.6 Å². The van der Waals surface area contributed by atoms with Crippen LogP contribution in [0.3, 0.4) is 0 Å². The van der Waals surface area contributed by atoms with Gasteiger partial charge >= 0.3 is 12.0 Å². The van der Waals surface area contributed by atoms with Crippen molar-refractivity contribution in [1.82, 2.24) is 14.9 Å². The summed E-state index contributed by atoms with van der Waals surface area (Å²) < 4.78 is 6.94. The zero-order chi connectivity index (χ0) is 16.2. The molecule has 7 nitrogen and oxygen atoms in total. The number of nitrogens with one attached hydrogen (secondary N) is 2. The Balaban J connectivity index is 1.52. The Morgan fingerprint density at radius 3 is 3.13 bits per heavy atom. The van der Waals surface area contributed by atoms with E-state index in [9.17, 15) is 9.59 Å². The van der Waals surface area contributed by atoms with E-state index in [1.165, 1.54) is 0 Å². The molecule has 0 spiro atoms. The number of cyclic esters (lactones) is 1. The molecule has 3 rings (SSSR count). The summed E-state index contributed by atoms with van der Waals surface area (Å²) in [5.41, 5.74) is 1.92. The number of amides is 2. The minimum Gasteiger partial charge on any atom is -0.457 e. The third kappa shape index (κ3) is 3.33. The summed E-state index contributed by atoms with van der Waals surface area (Å²) in [7, 11) is 0. The lowest BCUT2D eigenvalue weighted by Gasteiger charge is -2.10. The summed E-state index contributed by atoms with van der Waals surface area (Å²) in [4.78, 5) is 27.7. The number of rotatable bonds is 5. The van der Waals surface area contributed by atoms with Gasteiger partial charge in [0.15, 0.2) is 0 Å². The van der Waals surface area contributed by atoms with Gasteiger partial charge in [0, 0.05) is 43.2 Å². The molecule has 0 aliphatic carbocycles. The van der Waals surface area contributed by atoms with Crippen molar-refractivity contribution >= 4 is 17.7 Å². The molecule has 0 saturated heterocycles. The number of carbonyl (C=O) groups is 2. The second kappa shape index (κ2) is 6.51. The number of aromatic nitrogens is 2. The molecule has 0 atom stereocenters. The first-order valence-corrected chi connectivity index (χ1v) is 7.52. The standard InChI is InChI=1S/C16H18N4O3/c1-2-14-17-5-7-20(14)8-6-18-16(22)19-12-4-3-11-10-23-15(21)13(11)9-12/h3-5,7,9H,2,6,8,10H2,1H3,(H2,18,19,22). The molecule has 2 heterocycles. The summed E-state index contributed by atoms with van der Waals surface area (Å²) in [5.74, 6) is 0.639. The van der Waals surface area contributed by atoms with Crippen molar-refractivity contribution in [2.24, 2.45) is 0 Å². The number of nitrogens with zero attached hydrogens (tertiary/aromatic N) is 2. The van der Waals surface area contributed by atoms with Crippen LogP contribution in [0, 0.1) is 0 Å². The van der Waals surface area contributed by atoms with Gasteiger partial charge in [-0.15, -0.1) is 0 Å². The molecule has 2 amide bonds.